The molecule has 4 nitrogen and oxygen atoms in total. The molecule has 2 aliphatic rings. The van der Waals surface area contributed by atoms with Crippen LogP contribution in [-0.2, 0) is 9.57 Å². The van der Waals surface area contributed by atoms with Gasteiger partial charge >= 0.3 is 0 Å². The standard InChI is InChI=1S/C7H13NO3/c1-8(9)11-5-2-3-6-7(4-5)10-6/h5-8H,2-4H2,1H3. The Bertz CT molecular complexity index is 149. The molecule has 1 saturated carbocycles. The van der Waals surface area contributed by atoms with Crippen LogP contribution >= 0.6 is 0 Å². The molecule has 0 aromatic heterocycles. The third kappa shape index (κ3) is 1.70. The summed E-state index contributed by atoms with van der Waals surface area (Å²) in [5.41, 5.74) is 0. The fourth-order valence-corrected chi connectivity index (χ4v) is 1.71. The molecule has 4 atom stereocenters. The second kappa shape index (κ2) is 2.71. The highest BCUT2D eigenvalue weighted by Gasteiger charge is 2.45. The quantitative estimate of drug-likeness (QED) is 0.426. The van der Waals surface area contributed by atoms with Crippen molar-refractivity contribution >= 4 is 0 Å². The molecule has 2 fully saturated rings. The van der Waals surface area contributed by atoms with Gasteiger partial charge in [0.1, 0.15) is 6.10 Å². The Morgan fingerprint density at radius 2 is 2.27 bits per heavy atom. The molecular formula is C7H13NO3. The third-order valence-electron chi connectivity index (χ3n) is 2.29. The first-order valence-electron chi connectivity index (χ1n) is 4.08. The molecule has 64 valence electrons. The summed E-state index contributed by atoms with van der Waals surface area (Å²) in [6.45, 7) is 0. The van der Waals surface area contributed by atoms with Gasteiger partial charge in [-0.2, -0.15) is 0 Å². The Balaban J connectivity index is 1.76. The van der Waals surface area contributed by atoms with E-state index in [4.69, 9.17) is 9.57 Å². The minimum atomic E-state index is -0.172. The second-order valence-corrected chi connectivity index (χ2v) is 3.26. The SMILES string of the molecule is C[NH+]([O-])OC1CCC2OC2C1. The average Bonchev–Trinajstić information content (AvgIpc) is 2.63. The van der Waals surface area contributed by atoms with Gasteiger partial charge in [0.25, 0.3) is 0 Å². The van der Waals surface area contributed by atoms with Gasteiger partial charge in [-0.05, 0) is 12.8 Å². The van der Waals surface area contributed by atoms with E-state index in [1.54, 1.807) is 0 Å². The van der Waals surface area contributed by atoms with Crippen LogP contribution in [-0.4, -0.2) is 25.4 Å². The Morgan fingerprint density at radius 3 is 2.91 bits per heavy atom. The molecule has 11 heavy (non-hydrogen) atoms. The number of nitrogens with one attached hydrogen (secondary N) is 1. The van der Waals surface area contributed by atoms with Crippen LogP contribution in [0.2, 0.25) is 0 Å². The Kier molecular flexibility index (Phi) is 1.85. The fraction of sp³-hybridized carbons (Fsp3) is 1.00. The third-order valence-corrected chi connectivity index (χ3v) is 2.29. The molecule has 1 aliphatic heterocycles. The summed E-state index contributed by atoms with van der Waals surface area (Å²) < 4.78 is 5.30. The molecular weight excluding hydrogens is 146 g/mol. The van der Waals surface area contributed by atoms with Crippen molar-refractivity contribution in [2.75, 3.05) is 7.05 Å². The van der Waals surface area contributed by atoms with E-state index in [0.717, 1.165) is 19.3 Å². The van der Waals surface area contributed by atoms with Crippen LogP contribution in [0.1, 0.15) is 19.3 Å². The lowest BCUT2D eigenvalue weighted by molar-refractivity contribution is -1.04. The topological polar surface area (TPSA) is 49.3 Å². The van der Waals surface area contributed by atoms with Crippen LogP contribution in [0.25, 0.3) is 0 Å². The van der Waals surface area contributed by atoms with E-state index in [9.17, 15) is 5.21 Å². The molecule has 0 amide bonds. The maximum atomic E-state index is 10.6. The van der Waals surface area contributed by atoms with Gasteiger partial charge < -0.3 is 9.94 Å². The summed E-state index contributed by atoms with van der Waals surface area (Å²) in [6, 6.07) is 0. The molecule has 1 aliphatic carbocycles. The van der Waals surface area contributed by atoms with Gasteiger partial charge in [0, 0.05) is 6.42 Å². The van der Waals surface area contributed by atoms with Crippen molar-refractivity contribution in [1.29, 1.82) is 0 Å². The predicted molar refractivity (Wildman–Crippen MR) is 37.6 cm³/mol. The molecule has 4 heteroatoms. The lowest BCUT2D eigenvalue weighted by Gasteiger charge is -2.23. The molecule has 1 N–H and O–H groups in total. The summed E-state index contributed by atoms with van der Waals surface area (Å²) >= 11 is 0. The molecule has 4 unspecified atom stereocenters. The maximum Gasteiger partial charge on any atom is 0.120 e. The van der Waals surface area contributed by atoms with Crippen LogP contribution in [0, 0.1) is 5.21 Å². The van der Waals surface area contributed by atoms with Crippen LogP contribution in [0.15, 0.2) is 0 Å². The number of hydrogen-bond donors (Lipinski definition) is 1. The van der Waals surface area contributed by atoms with Crippen molar-refractivity contribution in [3.8, 4) is 0 Å². The number of rotatable bonds is 2. The maximum absolute atomic E-state index is 10.6. The van der Waals surface area contributed by atoms with Gasteiger partial charge in [-0.15, -0.1) is 0 Å². The van der Waals surface area contributed by atoms with Gasteiger partial charge in [-0.3, -0.25) is 0 Å². The fourth-order valence-electron chi connectivity index (χ4n) is 1.71. The molecule has 0 spiro atoms. The van der Waals surface area contributed by atoms with E-state index < -0.39 is 0 Å². The van der Waals surface area contributed by atoms with Crippen LogP contribution in [0.3, 0.4) is 0 Å². The zero-order chi connectivity index (χ0) is 7.84. The highest BCUT2D eigenvalue weighted by Crippen LogP contribution is 2.36. The Labute approximate surface area is 65.6 Å². The second-order valence-electron chi connectivity index (χ2n) is 3.26. The monoisotopic (exact) mass is 159 g/mol. The highest BCUT2D eigenvalue weighted by atomic mass is 16.9. The van der Waals surface area contributed by atoms with Crippen molar-refractivity contribution < 1.29 is 14.8 Å². The minimum absolute atomic E-state index is 0.122. The van der Waals surface area contributed by atoms with Gasteiger partial charge in [-0.1, -0.05) is 0 Å². The predicted octanol–water partition coefficient (Wildman–Crippen LogP) is -0.750. The first-order valence-corrected chi connectivity index (χ1v) is 4.08. The highest BCUT2D eigenvalue weighted by molar-refractivity contribution is 4.91. The number of hydrogen-bond acceptors (Lipinski definition) is 3. The van der Waals surface area contributed by atoms with Gasteiger partial charge in [0.15, 0.2) is 0 Å². The van der Waals surface area contributed by atoms with Crippen molar-refractivity contribution in [1.82, 2.24) is 0 Å². The minimum Gasteiger partial charge on any atom is -0.600 e. The molecule has 1 saturated heterocycles. The molecule has 0 bridgehead atoms. The number of fused-ring (bicyclic) bond motifs is 1. The molecule has 0 radical (unpaired) electrons. The first kappa shape index (κ1) is 7.49. The van der Waals surface area contributed by atoms with Crippen LogP contribution in [0.4, 0.5) is 0 Å². The molecule has 0 aromatic rings. The zero-order valence-corrected chi connectivity index (χ0v) is 6.58. The lowest BCUT2D eigenvalue weighted by Crippen LogP contribution is -3.03. The van der Waals surface area contributed by atoms with Gasteiger partial charge in [0.05, 0.1) is 19.3 Å². The van der Waals surface area contributed by atoms with Crippen molar-refractivity contribution in [3.05, 3.63) is 5.21 Å². The molecule has 1 heterocycles. The van der Waals surface area contributed by atoms with E-state index in [1.807, 2.05) is 0 Å². The first-order chi connectivity index (χ1) is 5.25. The van der Waals surface area contributed by atoms with Crippen LogP contribution in [0.5, 0.6) is 0 Å². The largest absolute Gasteiger partial charge is 0.600 e. The summed E-state index contributed by atoms with van der Waals surface area (Å²) in [5.74, 6) is 0. The Morgan fingerprint density at radius 1 is 1.45 bits per heavy atom. The van der Waals surface area contributed by atoms with Gasteiger partial charge in [-0.25, -0.2) is 10.1 Å². The van der Waals surface area contributed by atoms with E-state index >= 15 is 0 Å². The Hall–Kier alpha value is -0.160. The van der Waals surface area contributed by atoms with Crippen molar-refractivity contribution in [2.45, 2.75) is 37.6 Å². The molecule has 0 aromatic carbocycles. The van der Waals surface area contributed by atoms with Gasteiger partial charge in [0.2, 0.25) is 0 Å². The van der Waals surface area contributed by atoms with E-state index in [0.29, 0.717) is 12.2 Å². The normalized spacial score (nSPS) is 44.7. The van der Waals surface area contributed by atoms with E-state index in [1.165, 1.54) is 7.05 Å². The number of ether oxygens (including phenoxy) is 1. The van der Waals surface area contributed by atoms with Crippen molar-refractivity contribution in [3.63, 3.8) is 0 Å². The van der Waals surface area contributed by atoms with Crippen LogP contribution < -0.4 is 5.23 Å². The van der Waals surface area contributed by atoms with E-state index in [2.05, 4.69) is 0 Å². The summed E-state index contributed by atoms with van der Waals surface area (Å²) in [7, 11) is 1.46. The number of hydroxylamine groups is 2. The lowest BCUT2D eigenvalue weighted by atomic mass is 9.98. The number of quaternary nitrogens is 1. The number of epoxide rings is 1. The summed E-state index contributed by atoms with van der Waals surface area (Å²) in [5, 5.41) is 10.4. The smallest absolute Gasteiger partial charge is 0.120 e. The zero-order valence-electron chi connectivity index (χ0n) is 6.58. The van der Waals surface area contributed by atoms with E-state index in [-0.39, 0.29) is 11.3 Å². The summed E-state index contributed by atoms with van der Waals surface area (Å²) in [6.07, 6.45) is 3.94. The van der Waals surface area contributed by atoms with Crippen molar-refractivity contribution in [2.24, 2.45) is 0 Å². The summed E-state index contributed by atoms with van der Waals surface area (Å²) in [4.78, 5) is 5.07. The average molecular weight is 159 g/mol. The molecule has 2 rings (SSSR count).